The molecule has 0 spiro atoms. The van der Waals surface area contributed by atoms with Gasteiger partial charge in [0.1, 0.15) is 11.0 Å². The number of hydrogen-bond acceptors (Lipinski definition) is 3. The molecule has 0 saturated carbocycles. The lowest BCUT2D eigenvalue weighted by Crippen LogP contribution is -2.19. The van der Waals surface area contributed by atoms with Crippen molar-refractivity contribution in [3.63, 3.8) is 0 Å². The summed E-state index contributed by atoms with van der Waals surface area (Å²) in [5.74, 6) is 1.45. The maximum absolute atomic E-state index is 6.11. The van der Waals surface area contributed by atoms with Crippen LogP contribution in [0.1, 0.15) is 33.1 Å². The molecule has 1 atom stereocenters. The van der Waals surface area contributed by atoms with Crippen molar-refractivity contribution in [1.82, 2.24) is 9.97 Å². The van der Waals surface area contributed by atoms with Crippen LogP contribution in [-0.2, 0) is 0 Å². The van der Waals surface area contributed by atoms with Crippen LogP contribution in [0.4, 0.5) is 5.82 Å². The quantitative estimate of drug-likeness (QED) is 0.777. The molecule has 0 bridgehead atoms. The van der Waals surface area contributed by atoms with Gasteiger partial charge in [0.2, 0.25) is 0 Å². The Balaban J connectivity index is 2.25. The summed E-state index contributed by atoms with van der Waals surface area (Å²) in [5.41, 5.74) is 0.974. The molecule has 1 aromatic heterocycles. The summed E-state index contributed by atoms with van der Waals surface area (Å²) in [5, 5.41) is 3.91. The first kappa shape index (κ1) is 14.8. The molecule has 1 N–H and O–H groups in total. The fourth-order valence-electron chi connectivity index (χ4n) is 2.14. The number of anilines is 1. The number of halogens is 1. The molecule has 0 aliphatic heterocycles. The zero-order chi connectivity index (χ0) is 14.4. The molecule has 1 heterocycles. The number of nitrogens with one attached hydrogen (secondary N) is 1. The van der Waals surface area contributed by atoms with Crippen LogP contribution < -0.4 is 5.32 Å². The van der Waals surface area contributed by atoms with Gasteiger partial charge in [0.05, 0.1) is 0 Å². The van der Waals surface area contributed by atoms with Crippen molar-refractivity contribution in [3.05, 3.63) is 41.6 Å². The van der Waals surface area contributed by atoms with E-state index in [1.165, 1.54) is 0 Å². The van der Waals surface area contributed by atoms with Crippen LogP contribution in [0, 0.1) is 0 Å². The molecule has 106 valence electrons. The second-order valence-electron chi connectivity index (χ2n) is 4.80. The monoisotopic (exact) mass is 289 g/mol. The highest BCUT2D eigenvalue weighted by molar-refractivity contribution is 6.29. The standard InChI is InChI=1S/C16H20ClN3/c1-3-8-13(4-2)18-15-11-14(17)19-16(20-15)12-9-6-5-7-10-12/h5-7,9-11,13H,3-4,8H2,1-2H3,(H,18,19,20). The molecule has 20 heavy (non-hydrogen) atoms. The van der Waals surface area contributed by atoms with E-state index in [1.807, 2.05) is 30.3 Å². The lowest BCUT2D eigenvalue weighted by atomic mass is 10.1. The SMILES string of the molecule is CCCC(CC)Nc1cc(Cl)nc(-c2ccccc2)n1. The second-order valence-corrected chi connectivity index (χ2v) is 5.19. The van der Waals surface area contributed by atoms with Crippen molar-refractivity contribution in [2.24, 2.45) is 0 Å². The summed E-state index contributed by atoms with van der Waals surface area (Å²) < 4.78 is 0. The average molecular weight is 290 g/mol. The van der Waals surface area contributed by atoms with E-state index in [0.29, 0.717) is 17.0 Å². The molecule has 0 amide bonds. The minimum atomic E-state index is 0.426. The number of nitrogens with zero attached hydrogens (tertiary/aromatic N) is 2. The highest BCUT2D eigenvalue weighted by atomic mass is 35.5. The number of rotatable bonds is 6. The number of aromatic nitrogens is 2. The molecule has 0 aliphatic rings. The third-order valence-electron chi connectivity index (χ3n) is 3.21. The Bertz CT molecular complexity index is 543. The Hall–Kier alpha value is -1.61. The van der Waals surface area contributed by atoms with Crippen LogP contribution in [0.2, 0.25) is 5.15 Å². The van der Waals surface area contributed by atoms with Gasteiger partial charge in [0.15, 0.2) is 5.82 Å². The third-order valence-corrected chi connectivity index (χ3v) is 3.40. The molecule has 2 rings (SSSR count). The van der Waals surface area contributed by atoms with Crippen LogP contribution in [-0.4, -0.2) is 16.0 Å². The van der Waals surface area contributed by atoms with Gasteiger partial charge in [-0.15, -0.1) is 0 Å². The van der Waals surface area contributed by atoms with Crippen LogP contribution in [0.15, 0.2) is 36.4 Å². The zero-order valence-electron chi connectivity index (χ0n) is 11.9. The van der Waals surface area contributed by atoms with Crippen molar-refractivity contribution in [2.75, 3.05) is 5.32 Å². The Morgan fingerprint density at radius 1 is 1.15 bits per heavy atom. The van der Waals surface area contributed by atoms with Gasteiger partial charge < -0.3 is 5.32 Å². The molecule has 0 radical (unpaired) electrons. The van der Waals surface area contributed by atoms with Gasteiger partial charge in [-0.3, -0.25) is 0 Å². The number of hydrogen-bond donors (Lipinski definition) is 1. The molecule has 4 heteroatoms. The van der Waals surface area contributed by atoms with Gasteiger partial charge in [-0.25, -0.2) is 9.97 Å². The summed E-state index contributed by atoms with van der Waals surface area (Å²) in [6.45, 7) is 4.36. The first-order valence-corrected chi connectivity index (χ1v) is 7.47. The Morgan fingerprint density at radius 3 is 2.55 bits per heavy atom. The topological polar surface area (TPSA) is 37.8 Å². The average Bonchev–Trinajstić information content (AvgIpc) is 2.47. The van der Waals surface area contributed by atoms with E-state index in [0.717, 1.165) is 30.6 Å². The van der Waals surface area contributed by atoms with Crippen molar-refractivity contribution >= 4 is 17.4 Å². The molecule has 1 unspecified atom stereocenters. The normalized spacial score (nSPS) is 12.2. The maximum Gasteiger partial charge on any atom is 0.163 e. The lowest BCUT2D eigenvalue weighted by Gasteiger charge is -2.17. The molecule has 0 saturated heterocycles. The van der Waals surface area contributed by atoms with Gasteiger partial charge in [-0.1, -0.05) is 62.2 Å². The van der Waals surface area contributed by atoms with Gasteiger partial charge in [-0.05, 0) is 12.8 Å². The van der Waals surface area contributed by atoms with Crippen LogP contribution in [0.25, 0.3) is 11.4 Å². The van der Waals surface area contributed by atoms with Crippen LogP contribution >= 0.6 is 11.6 Å². The predicted octanol–water partition coefficient (Wildman–Crippen LogP) is 4.79. The Morgan fingerprint density at radius 2 is 1.90 bits per heavy atom. The van der Waals surface area contributed by atoms with E-state index >= 15 is 0 Å². The van der Waals surface area contributed by atoms with Crippen molar-refractivity contribution in [1.29, 1.82) is 0 Å². The summed E-state index contributed by atoms with van der Waals surface area (Å²) in [4.78, 5) is 8.86. The van der Waals surface area contributed by atoms with Crippen molar-refractivity contribution < 1.29 is 0 Å². The van der Waals surface area contributed by atoms with Gasteiger partial charge in [-0.2, -0.15) is 0 Å². The Kier molecular flexibility index (Phi) is 5.36. The van der Waals surface area contributed by atoms with Crippen LogP contribution in [0.5, 0.6) is 0 Å². The predicted molar refractivity (Wildman–Crippen MR) is 85.1 cm³/mol. The van der Waals surface area contributed by atoms with Gasteiger partial charge in [0.25, 0.3) is 0 Å². The Labute approximate surface area is 125 Å². The van der Waals surface area contributed by atoms with E-state index in [-0.39, 0.29) is 0 Å². The largest absolute Gasteiger partial charge is 0.367 e. The first-order valence-electron chi connectivity index (χ1n) is 7.09. The highest BCUT2D eigenvalue weighted by Crippen LogP contribution is 2.21. The van der Waals surface area contributed by atoms with E-state index < -0.39 is 0 Å². The molecule has 0 fully saturated rings. The zero-order valence-corrected chi connectivity index (χ0v) is 12.7. The van der Waals surface area contributed by atoms with Crippen molar-refractivity contribution in [2.45, 2.75) is 39.2 Å². The maximum atomic E-state index is 6.11. The molecular formula is C16H20ClN3. The fourth-order valence-corrected chi connectivity index (χ4v) is 2.33. The van der Waals surface area contributed by atoms with E-state index in [4.69, 9.17) is 11.6 Å². The first-order chi connectivity index (χ1) is 9.72. The fraction of sp³-hybridized carbons (Fsp3) is 0.375. The van der Waals surface area contributed by atoms with E-state index in [2.05, 4.69) is 29.1 Å². The summed E-state index contributed by atoms with van der Waals surface area (Å²) >= 11 is 6.11. The number of benzene rings is 1. The third kappa shape index (κ3) is 3.94. The molecule has 1 aromatic carbocycles. The second kappa shape index (κ2) is 7.25. The molecule has 2 aromatic rings. The summed E-state index contributed by atoms with van der Waals surface area (Å²) in [6, 6.07) is 12.1. The highest BCUT2D eigenvalue weighted by Gasteiger charge is 2.09. The summed E-state index contributed by atoms with van der Waals surface area (Å²) in [6.07, 6.45) is 3.34. The molecule has 3 nitrogen and oxygen atoms in total. The van der Waals surface area contributed by atoms with Gasteiger partial charge in [0, 0.05) is 17.7 Å². The lowest BCUT2D eigenvalue weighted by molar-refractivity contribution is 0.620. The van der Waals surface area contributed by atoms with Crippen LogP contribution in [0.3, 0.4) is 0 Å². The minimum absolute atomic E-state index is 0.426. The van der Waals surface area contributed by atoms with E-state index in [9.17, 15) is 0 Å². The minimum Gasteiger partial charge on any atom is -0.367 e. The van der Waals surface area contributed by atoms with Crippen molar-refractivity contribution in [3.8, 4) is 11.4 Å². The molecule has 0 aliphatic carbocycles. The van der Waals surface area contributed by atoms with E-state index in [1.54, 1.807) is 6.07 Å². The van der Waals surface area contributed by atoms with Gasteiger partial charge >= 0.3 is 0 Å². The smallest absolute Gasteiger partial charge is 0.163 e. The molecular weight excluding hydrogens is 270 g/mol. The summed E-state index contributed by atoms with van der Waals surface area (Å²) in [7, 11) is 0.